The summed E-state index contributed by atoms with van der Waals surface area (Å²) in [6, 6.07) is 5.44. The smallest absolute Gasteiger partial charge is 0.231 e. The van der Waals surface area contributed by atoms with Crippen LogP contribution in [0.1, 0.15) is 25.6 Å². The van der Waals surface area contributed by atoms with Gasteiger partial charge in [-0.15, -0.1) is 0 Å². The predicted octanol–water partition coefficient (Wildman–Crippen LogP) is 1.62. The molecule has 0 aliphatic carbocycles. The molecule has 0 atom stereocenters. The third-order valence-corrected chi connectivity index (χ3v) is 2.62. The number of nitrogens with one attached hydrogen (secondary N) is 1. The van der Waals surface area contributed by atoms with Crippen LogP contribution in [0.2, 0.25) is 0 Å². The van der Waals surface area contributed by atoms with Crippen LogP contribution in [0.3, 0.4) is 0 Å². The van der Waals surface area contributed by atoms with Gasteiger partial charge in [0, 0.05) is 17.8 Å². The summed E-state index contributed by atoms with van der Waals surface area (Å²) in [5, 5.41) is 6.98. The van der Waals surface area contributed by atoms with Gasteiger partial charge in [0.25, 0.3) is 0 Å². The van der Waals surface area contributed by atoms with Gasteiger partial charge in [-0.05, 0) is 26.0 Å². The first-order chi connectivity index (χ1) is 9.06. The Morgan fingerprint density at radius 1 is 1.42 bits per heavy atom. The zero-order valence-electron chi connectivity index (χ0n) is 11.0. The van der Waals surface area contributed by atoms with E-state index < -0.39 is 0 Å². The zero-order valence-corrected chi connectivity index (χ0v) is 11.0. The highest BCUT2D eigenvalue weighted by Crippen LogP contribution is 2.13. The van der Waals surface area contributed by atoms with E-state index in [1.54, 1.807) is 35.3 Å². The lowest BCUT2D eigenvalue weighted by atomic mass is 10.2. The Bertz CT molecular complexity index is 559. The van der Waals surface area contributed by atoms with Crippen LogP contribution < -0.4 is 11.1 Å². The van der Waals surface area contributed by atoms with Gasteiger partial charge in [0.2, 0.25) is 5.91 Å². The molecular formula is C13H17N5O. The minimum atomic E-state index is -0.125. The molecule has 2 heterocycles. The molecule has 0 saturated heterocycles. The quantitative estimate of drug-likeness (QED) is 0.873. The summed E-state index contributed by atoms with van der Waals surface area (Å²) in [7, 11) is 0. The molecule has 100 valence electrons. The van der Waals surface area contributed by atoms with Gasteiger partial charge >= 0.3 is 0 Å². The van der Waals surface area contributed by atoms with Crippen LogP contribution in [0.4, 0.5) is 11.5 Å². The normalized spacial score (nSPS) is 10.7. The van der Waals surface area contributed by atoms with Crippen LogP contribution in [-0.4, -0.2) is 20.7 Å². The highest BCUT2D eigenvalue weighted by molar-refractivity contribution is 5.91. The number of nitrogens with zero attached hydrogens (tertiary/aromatic N) is 3. The average molecular weight is 259 g/mol. The fourth-order valence-corrected chi connectivity index (χ4v) is 1.72. The molecule has 6 heteroatoms. The standard InChI is InChI=1S/C13H17N5O/c1-9(2)18-12(5-6-16-18)17-13(19)7-11-4-3-10(14)8-15-11/h3-6,8-9H,7,14H2,1-2H3,(H,17,19). The summed E-state index contributed by atoms with van der Waals surface area (Å²) >= 11 is 0. The van der Waals surface area contributed by atoms with Crippen molar-refractivity contribution in [3.63, 3.8) is 0 Å². The fourth-order valence-electron chi connectivity index (χ4n) is 1.72. The summed E-state index contributed by atoms with van der Waals surface area (Å²) < 4.78 is 1.76. The summed E-state index contributed by atoms with van der Waals surface area (Å²) in [6.45, 7) is 4.01. The van der Waals surface area contributed by atoms with Crippen LogP contribution in [0, 0.1) is 0 Å². The molecule has 0 bridgehead atoms. The minimum Gasteiger partial charge on any atom is -0.397 e. The molecule has 19 heavy (non-hydrogen) atoms. The third-order valence-electron chi connectivity index (χ3n) is 2.62. The van der Waals surface area contributed by atoms with Gasteiger partial charge in [-0.25, -0.2) is 4.68 Å². The molecule has 3 N–H and O–H groups in total. The van der Waals surface area contributed by atoms with E-state index in [9.17, 15) is 4.79 Å². The van der Waals surface area contributed by atoms with E-state index in [0.29, 0.717) is 17.2 Å². The molecular weight excluding hydrogens is 242 g/mol. The fraction of sp³-hybridized carbons (Fsp3) is 0.308. The molecule has 0 aliphatic heterocycles. The summed E-state index contributed by atoms with van der Waals surface area (Å²) in [4.78, 5) is 16.0. The number of hydrogen-bond acceptors (Lipinski definition) is 4. The number of carbonyl (C=O) groups excluding carboxylic acids is 1. The van der Waals surface area contributed by atoms with Crippen LogP contribution in [0.5, 0.6) is 0 Å². The van der Waals surface area contributed by atoms with Crippen LogP contribution >= 0.6 is 0 Å². The summed E-state index contributed by atoms with van der Waals surface area (Å²) in [6.07, 6.45) is 3.42. The molecule has 0 saturated carbocycles. The largest absolute Gasteiger partial charge is 0.397 e. The Labute approximate surface area is 111 Å². The maximum absolute atomic E-state index is 11.9. The van der Waals surface area contributed by atoms with Crippen molar-refractivity contribution in [3.05, 3.63) is 36.3 Å². The molecule has 0 spiro atoms. The Kier molecular flexibility index (Phi) is 3.79. The number of amides is 1. The van der Waals surface area contributed by atoms with Crippen LogP contribution in [0.25, 0.3) is 0 Å². The van der Waals surface area contributed by atoms with Gasteiger partial charge in [-0.1, -0.05) is 0 Å². The van der Waals surface area contributed by atoms with Crippen molar-refractivity contribution < 1.29 is 4.79 Å². The SMILES string of the molecule is CC(C)n1nccc1NC(=O)Cc1ccc(N)cn1. The van der Waals surface area contributed by atoms with E-state index in [-0.39, 0.29) is 18.4 Å². The lowest BCUT2D eigenvalue weighted by Crippen LogP contribution is -2.18. The Hall–Kier alpha value is -2.37. The number of nitrogen functional groups attached to an aromatic ring is 1. The van der Waals surface area contributed by atoms with E-state index in [4.69, 9.17) is 5.73 Å². The number of hydrogen-bond donors (Lipinski definition) is 2. The van der Waals surface area contributed by atoms with Gasteiger partial charge in [0.1, 0.15) is 5.82 Å². The monoisotopic (exact) mass is 259 g/mol. The number of rotatable bonds is 4. The summed E-state index contributed by atoms with van der Waals surface area (Å²) in [5.41, 5.74) is 6.81. The number of anilines is 2. The van der Waals surface area contributed by atoms with E-state index in [2.05, 4.69) is 15.4 Å². The molecule has 2 aromatic heterocycles. The van der Waals surface area contributed by atoms with Crippen molar-refractivity contribution in [1.29, 1.82) is 0 Å². The molecule has 6 nitrogen and oxygen atoms in total. The summed E-state index contributed by atoms with van der Waals surface area (Å²) in [5.74, 6) is 0.565. The van der Waals surface area contributed by atoms with E-state index >= 15 is 0 Å². The average Bonchev–Trinajstić information content (AvgIpc) is 2.80. The number of pyridine rings is 1. The molecule has 0 unspecified atom stereocenters. The minimum absolute atomic E-state index is 0.125. The second-order valence-electron chi connectivity index (χ2n) is 4.56. The molecule has 2 aromatic rings. The number of nitrogens with two attached hydrogens (primary N) is 1. The highest BCUT2D eigenvalue weighted by atomic mass is 16.1. The van der Waals surface area contributed by atoms with Crippen molar-refractivity contribution in [1.82, 2.24) is 14.8 Å². The van der Waals surface area contributed by atoms with Gasteiger partial charge < -0.3 is 11.1 Å². The maximum Gasteiger partial charge on any atom is 0.231 e. The van der Waals surface area contributed by atoms with Gasteiger partial charge in [-0.2, -0.15) is 5.10 Å². The lowest BCUT2D eigenvalue weighted by molar-refractivity contribution is -0.115. The maximum atomic E-state index is 11.9. The Balaban J connectivity index is 2.01. The Morgan fingerprint density at radius 3 is 2.84 bits per heavy atom. The molecule has 0 aromatic carbocycles. The van der Waals surface area contributed by atoms with Gasteiger partial charge in [0.05, 0.1) is 24.5 Å². The first kappa shape index (κ1) is 13.1. The molecule has 0 radical (unpaired) electrons. The van der Waals surface area contributed by atoms with Crippen molar-refractivity contribution in [2.45, 2.75) is 26.3 Å². The van der Waals surface area contributed by atoms with E-state index in [1.807, 2.05) is 13.8 Å². The number of carbonyl (C=O) groups is 1. The molecule has 2 rings (SSSR count). The molecule has 1 amide bonds. The second-order valence-corrected chi connectivity index (χ2v) is 4.56. The van der Waals surface area contributed by atoms with Crippen molar-refractivity contribution in [3.8, 4) is 0 Å². The number of aromatic nitrogens is 3. The van der Waals surface area contributed by atoms with Crippen molar-refractivity contribution in [2.75, 3.05) is 11.1 Å². The van der Waals surface area contributed by atoms with Gasteiger partial charge in [0.15, 0.2) is 0 Å². The van der Waals surface area contributed by atoms with Crippen LogP contribution in [-0.2, 0) is 11.2 Å². The topological polar surface area (TPSA) is 85.8 Å². The van der Waals surface area contributed by atoms with Crippen molar-refractivity contribution in [2.24, 2.45) is 0 Å². The highest BCUT2D eigenvalue weighted by Gasteiger charge is 2.10. The predicted molar refractivity (Wildman–Crippen MR) is 73.6 cm³/mol. The molecule has 0 aliphatic rings. The van der Waals surface area contributed by atoms with E-state index in [0.717, 1.165) is 0 Å². The molecule has 0 fully saturated rings. The Morgan fingerprint density at radius 2 is 2.21 bits per heavy atom. The first-order valence-corrected chi connectivity index (χ1v) is 6.10. The first-order valence-electron chi connectivity index (χ1n) is 6.10. The third kappa shape index (κ3) is 3.31. The van der Waals surface area contributed by atoms with Crippen LogP contribution in [0.15, 0.2) is 30.6 Å². The van der Waals surface area contributed by atoms with E-state index in [1.165, 1.54) is 0 Å². The van der Waals surface area contributed by atoms with Crippen molar-refractivity contribution >= 4 is 17.4 Å². The lowest BCUT2D eigenvalue weighted by Gasteiger charge is -2.11. The zero-order chi connectivity index (χ0) is 13.8. The van der Waals surface area contributed by atoms with Gasteiger partial charge in [-0.3, -0.25) is 9.78 Å². The second kappa shape index (κ2) is 5.51.